The lowest BCUT2D eigenvalue weighted by Crippen LogP contribution is -2.30. The molecule has 100 valence electrons. The SMILES string of the molecule is CNCCC(=O)N(C)CCCOc1ccccc1. The van der Waals surface area contributed by atoms with Crippen molar-refractivity contribution in [3.8, 4) is 5.75 Å². The average molecular weight is 250 g/mol. The van der Waals surface area contributed by atoms with E-state index in [9.17, 15) is 4.79 Å². The van der Waals surface area contributed by atoms with E-state index in [2.05, 4.69) is 5.32 Å². The van der Waals surface area contributed by atoms with Gasteiger partial charge < -0.3 is 15.0 Å². The number of hydrogen-bond donors (Lipinski definition) is 1. The highest BCUT2D eigenvalue weighted by atomic mass is 16.5. The third-order valence-corrected chi connectivity index (χ3v) is 2.66. The second kappa shape index (κ2) is 8.53. The molecule has 0 atom stereocenters. The molecule has 1 N–H and O–H groups in total. The standard InChI is InChI=1S/C14H22N2O2/c1-15-10-9-14(17)16(2)11-6-12-18-13-7-4-3-5-8-13/h3-5,7-8,15H,6,9-12H2,1-2H3. The Hall–Kier alpha value is -1.55. The van der Waals surface area contributed by atoms with Gasteiger partial charge in [-0.25, -0.2) is 0 Å². The summed E-state index contributed by atoms with van der Waals surface area (Å²) in [6, 6.07) is 9.72. The van der Waals surface area contributed by atoms with Gasteiger partial charge in [-0.15, -0.1) is 0 Å². The molecule has 4 heteroatoms. The Balaban J connectivity index is 2.12. The molecule has 0 bridgehead atoms. The van der Waals surface area contributed by atoms with Crippen LogP contribution < -0.4 is 10.1 Å². The Morgan fingerprint density at radius 1 is 1.33 bits per heavy atom. The fraction of sp³-hybridized carbons (Fsp3) is 0.500. The van der Waals surface area contributed by atoms with Crippen molar-refractivity contribution in [2.75, 3.05) is 33.8 Å². The third-order valence-electron chi connectivity index (χ3n) is 2.66. The zero-order chi connectivity index (χ0) is 13.2. The number of hydrogen-bond acceptors (Lipinski definition) is 3. The summed E-state index contributed by atoms with van der Waals surface area (Å²) in [5, 5.41) is 2.97. The molecule has 0 aliphatic carbocycles. The van der Waals surface area contributed by atoms with Gasteiger partial charge in [-0.2, -0.15) is 0 Å². The van der Waals surface area contributed by atoms with Gasteiger partial charge in [0.05, 0.1) is 6.61 Å². The van der Waals surface area contributed by atoms with E-state index in [1.165, 1.54) is 0 Å². The van der Waals surface area contributed by atoms with Crippen molar-refractivity contribution in [2.24, 2.45) is 0 Å². The summed E-state index contributed by atoms with van der Waals surface area (Å²) in [6.07, 6.45) is 1.39. The lowest BCUT2D eigenvalue weighted by molar-refractivity contribution is -0.129. The van der Waals surface area contributed by atoms with Crippen LogP contribution in [0.4, 0.5) is 0 Å². The molecule has 0 spiro atoms. The summed E-state index contributed by atoms with van der Waals surface area (Å²) in [4.78, 5) is 13.4. The lowest BCUT2D eigenvalue weighted by atomic mass is 10.3. The zero-order valence-corrected chi connectivity index (χ0v) is 11.2. The Bertz CT molecular complexity index is 341. The van der Waals surface area contributed by atoms with E-state index >= 15 is 0 Å². The fourth-order valence-electron chi connectivity index (χ4n) is 1.56. The minimum Gasteiger partial charge on any atom is -0.494 e. The molecular weight excluding hydrogens is 228 g/mol. The van der Waals surface area contributed by atoms with Gasteiger partial charge in [0.15, 0.2) is 0 Å². The summed E-state index contributed by atoms with van der Waals surface area (Å²) < 4.78 is 5.57. The highest BCUT2D eigenvalue weighted by molar-refractivity contribution is 5.75. The first-order valence-electron chi connectivity index (χ1n) is 6.30. The van der Waals surface area contributed by atoms with Gasteiger partial charge in [0.1, 0.15) is 5.75 Å². The predicted octanol–water partition coefficient (Wildman–Crippen LogP) is 1.52. The Morgan fingerprint density at radius 2 is 2.06 bits per heavy atom. The van der Waals surface area contributed by atoms with Crippen molar-refractivity contribution in [3.05, 3.63) is 30.3 Å². The van der Waals surface area contributed by atoms with Crippen LogP contribution in [0, 0.1) is 0 Å². The van der Waals surface area contributed by atoms with Crippen LogP contribution in [0.15, 0.2) is 30.3 Å². The minimum atomic E-state index is 0.170. The van der Waals surface area contributed by atoms with Crippen LogP contribution >= 0.6 is 0 Å². The van der Waals surface area contributed by atoms with E-state index in [1.807, 2.05) is 44.4 Å². The van der Waals surface area contributed by atoms with Crippen LogP contribution in [-0.2, 0) is 4.79 Å². The van der Waals surface area contributed by atoms with Crippen molar-refractivity contribution in [3.63, 3.8) is 0 Å². The van der Waals surface area contributed by atoms with Gasteiger partial charge in [0.25, 0.3) is 0 Å². The van der Waals surface area contributed by atoms with Gasteiger partial charge in [-0.3, -0.25) is 4.79 Å². The maximum atomic E-state index is 11.6. The summed E-state index contributed by atoms with van der Waals surface area (Å²) in [5.41, 5.74) is 0. The van der Waals surface area contributed by atoms with Crippen molar-refractivity contribution >= 4 is 5.91 Å². The molecule has 0 heterocycles. The highest BCUT2D eigenvalue weighted by Crippen LogP contribution is 2.08. The Morgan fingerprint density at radius 3 is 2.72 bits per heavy atom. The molecule has 4 nitrogen and oxygen atoms in total. The van der Waals surface area contributed by atoms with Crippen LogP contribution in [0.3, 0.4) is 0 Å². The summed E-state index contributed by atoms with van der Waals surface area (Å²) >= 11 is 0. The number of nitrogens with one attached hydrogen (secondary N) is 1. The molecule has 1 aromatic rings. The molecular formula is C14H22N2O2. The van der Waals surface area contributed by atoms with Crippen LogP contribution in [0.5, 0.6) is 5.75 Å². The van der Waals surface area contributed by atoms with Gasteiger partial charge in [-0.05, 0) is 25.6 Å². The van der Waals surface area contributed by atoms with Crippen molar-refractivity contribution in [2.45, 2.75) is 12.8 Å². The van der Waals surface area contributed by atoms with Gasteiger partial charge in [0, 0.05) is 26.6 Å². The van der Waals surface area contributed by atoms with Crippen molar-refractivity contribution in [1.82, 2.24) is 10.2 Å². The van der Waals surface area contributed by atoms with Crippen LogP contribution in [0.2, 0.25) is 0 Å². The third kappa shape index (κ3) is 5.68. The van der Waals surface area contributed by atoms with Crippen molar-refractivity contribution < 1.29 is 9.53 Å². The number of nitrogens with zero attached hydrogens (tertiary/aromatic N) is 1. The smallest absolute Gasteiger partial charge is 0.223 e. The first-order valence-corrected chi connectivity index (χ1v) is 6.30. The molecule has 0 radical (unpaired) electrons. The van der Waals surface area contributed by atoms with Crippen LogP contribution in [0.25, 0.3) is 0 Å². The van der Waals surface area contributed by atoms with Crippen LogP contribution in [-0.4, -0.2) is 44.6 Å². The number of benzene rings is 1. The second-order valence-corrected chi connectivity index (χ2v) is 4.18. The molecule has 1 rings (SSSR count). The molecule has 0 aliphatic rings. The van der Waals surface area contributed by atoms with E-state index in [0.29, 0.717) is 13.0 Å². The van der Waals surface area contributed by atoms with E-state index in [1.54, 1.807) is 4.90 Å². The topological polar surface area (TPSA) is 41.6 Å². The first kappa shape index (κ1) is 14.5. The van der Waals surface area contributed by atoms with E-state index in [4.69, 9.17) is 4.74 Å². The van der Waals surface area contributed by atoms with E-state index in [0.717, 1.165) is 25.3 Å². The van der Waals surface area contributed by atoms with Gasteiger partial charge >= 0.3 is 0 Å². The number of ether oxygens (including phenoxy) is 1. The average Bonchev–Trinajstić information content (AvgIpc) is 2.41. The minimum absolute atomic E-state index is 0.170. The molecule has 0 fully saturated rings. The maximum Gasteiger partial charge on any atom is 0.223 e. The van der Waals surface area contributed by atoms with Crippen molar-refractivity contribution in [1.29, 1.82) is 0 Å². The first-order chi connectivity index (χ1) is 8.74. The highest BCUT2D eigenvalue weighted by Gasteiger charge is 2.06. The number of rotatable bonds is 8. The molecule has 0 saturated heterocycles. The van der Waals surface area contributed by atoms with E-state index in [-0.39, 0.29) is 5.91 Å². The second-order valence-electron chi connectivity index (χ2n) is 4.18. The monoisotopic (exact) mass is 250 g/mol. The van der Waals surface area contributed by atoms with Gasteiger partial charge in [0.2, 0.25) is 5.91 Å². The molecule has 1 aromatic carbocycles. The number of para-hydroxylation sites is 1. The largest absolute Gasteiger partial charge is 0.494 e. The van der Waals surface area contributed by atoms with E-state index < -0.39 is 0 Å². The summed E-state index contributed by atoms with van der Waals surface area (Å²) in [6.45, 7) is 2.09. The molecule has 1 amide bonds. The molecule has 18 heavy (non-hydrogen) atoms. The summed E-state index contributed by atoms with van der Waals surface area (Å²) in [5.74, 6) is 1.05. The number of amides is 1. The predicted molar refractivity (Wildman–Crippen MR) is 72.7 cm³/mol. The maximum absolute atomic E-state index is 11.6. The fourth-order valence-corrected chi connectivity index (χ4v) is 1.56. The summed E-state index contributed by atoms with van der Waals surface area (Å²) in [7, 11) is 3.68. The normalized spacial score (nSPS) is 10.1. The van der Waals surface area contributed by atoms with Crippen LogP contribution in [0.1, 0.15) is 12.8 Å². The quantitative estimate of drug-likeness (QED) is 0.711. The van der Waals surface area contributed by atoms with Gasteiger partial charge in [-0.1, -0.05) is 18.2 Å². The Labute approximate surface area is 109 Å². The molecule has 0 aliphatic heterocycles. The Kier molecular flexibility index (Phi) is 6.87. The number of carbonyl (C=O) groups excluding carboxylic acids is 1. The molecule has 0 aromatic heterocycles. The zero-order valence-electron chi connectivity index (χ0n) is 11.2. The number of carbonyl (C=O) groups is 1. The molecule has 0 unspecified atom stereocenters. The molecule has 0 saturated carbocycles. The lowest BCUT2D eigenvalue weighted by Gasteiger charge is -2.17.